The van der Waals surface area contributed by atoms with E-state index in [0.717, 1.165) is 19.4 Å². The lowest BCUT2D eigenvalue weighted by molar-refractivity contribution is -0.143. The van der Waals surface area contributed by atoms with Gasteiger partial charge in [0.15, 0.2) is 0 Å². The van der Waals surface area contributed by atoms with Gasteiger partial charge in [-0.05, 0) is 26.3 Å². The van der Waals surface area contributed by atoms with Gasteiger partial charge in [0.05, 0.1) is 6.54 Å². The quantitative estimate of drug-likeness (QED) is 0.757. The minimum absolute atomic E-state index is 0.0382. The molecule has 2 aliphatic heterocycles. The fourth-order valence-electron chi connectivity index (χ4n) is 2.93. The first-order valence-corrected chi connectivity index (χ1v) is 7.48. The predicted octanol–water partition coefficient (Wildman–Crippen LogP) is -0.476. The lowest BCUT2D eigenvalue weighted by Crippen LogP contribution is -2.55. The van der Waals surface area contributed by atoms with E-state index in [-0.39, 0.29) is 31.0 Å². The molecule has 2 heterocycles. The molecule has 0 aliphatic carbocycles. The first kappa shape index (κ1) is 15.3. The van der Waals surface area contributed by atoms with Crippen LogP contribution in [0.2, 0.25) is 0 Å². The molecule has 6 heteroatoms. The predicted molar refractivity (Wildman–Crippen MR) is 75.1 cm³/mol. The molecular formula is C14H25N3O3. The molecule has 2 saturated heterocycles. The van der Waals surface area contributed by atoms with Gasteiger partial charge in [0, 0.05) is 45.2 Å². The van der Waals surface area contributed by atoms with Crippen LogP contribution in [0.5, 0.6) is 0 Å². The number of hydrogen-bond acceptors (Lipinski definition) is 4. The summed E-state index contributed by atoms with van der Waals surface area (Å²) in [4.78, 5) is 29.8. The molecule has 2 fully saturated rings. The zero-order valence-corrected chi connectivity index (χ0v) is 12.3. The highest BCUT2D eigenvalue weighted by molar-refractivity contribution is 5.85. The van der Waals surface area contributed by atoms with Gasteiger partial charge >= 0.3 is 0 Å². The van der Waals surface area contributed by atoms with Crippen molar-refractivity contribution in [1.82, 2.24) is 14.7 Å². The molecule has 2 aliphatic rings. The van der Waals surface area contributed by atoms with E-state index >= 15 is 0 Å². The molecule has 0 saturated carbocycles. The van der Waals surface area contributed by atoms with Gasteiger partial charge < -0.3 is 14.9 Å². The third-order valence-electron chi connectivity index (χ3n) is 4.34. The number of likely N-dealkylation sites (tertiary alicyclic amines) is 1. The van der Waals surface area contributed by atoms with Gasteiger partial charge in [-0.1, -0.05) is 0 Å². The number of piperazine rings is 1. The lowest BCUT2D eigenvalue weighted by atomic mass is 10.1. The Hall–Kier alpha value is -1.14. The van der Waals surface area contributed by atoms with Crippen LogP contribution in [0.3, 0.4) is 0 Å². The van der Waals surface area contributed by atoms with Gasteiger partial charge in [0.1, 0.15) is 0 Å². The molecule has 114 valence electrons. The van der Waals surface area contributed by atoms with Gasteiger partial charge in [0.2, 0.25) is 11.8 Å². The SMILES string of the molecule is CN1CCN(C(=O)CN2CCCCC2=O)C[C@@H]1CCO. The van der Waals surface area contributed by atoms with E-state index in [1.165, 1.54) is 0 Å². The molecule has 0 aromatic carbocycles. The summed E-state index contributed by atoms with van der Waals surface area (Å²) in [5, 5.41) is 9.07. The second kappa shape index (κ2) is 7.04. The fraction of sp³-hybridized carbons (Fsp3) is 0.857. The highest BCUT2D eigenvalue weighted by Crippen LogP contribution is 2.14. The van der Waals surface area contributed by atoms with Gasteiger partial charge in [-0.15, -0.1) is 0 Å². The van der Waals surface area contributed by atoms with Gasteiger partial charge in [-0.2, -0.15) is 0 Å². The summed E-state index contributed by atoms with van der Waals surface area (Å²) in [6, 6.07) is 0.217. The Bertz CT molecular complexity index is 362. The fourth-order valence-corrected chi connectivity index (χ4v) is 2.93. The van der Waals surface area contributed by atoms with Gasteiger partial charge in [0.25, 0.3) is 0 Å². The largest absolute Gasteiger partial charge is 0.396 e. The van der Waals surface area contributed by atoms with Crippen LogP contribution in [-0.4, -0.2) is 84.0 Å². The summed E-state index contributed by atoms with van der Waals surface area (Å²) in [7, 11) is 2.02. The van der Waals surface area contributed by atoms with Crippen LogP contribution in [0.1, 0.15) is 25.7 Å². The second-order valence-corrected chi connectivity index (χ2v) is 5.76. The van der Waals surface area contributed by atoms with Crippen LogP contribution in [0.15, 0.2) is 0 Å². The molecule has 0 aromatic rings. The van der Waals surface area contributed by atoms with Crippen molar-refractivity contribution < 1.29 is 14.7 Å². The topological polar surface area (TPSA) is 64.1 Å². The third kappa shape index (κ3) is 3.70. The van der Waals surface area contributed by atoms with Crippen LogP contribution in [0.4, 0.5) is 0 Å². The van der Waals surface area contributed by atoms with Crippen molar-refractivity contribution in [3.63, 3.8) is 0 Å². The lowest BCUT2D eigenvalue weighted by Gasteiger charge is -2.40. The van der Waals surface area contributed by atoms with E-state index in [2.05, 4.69) is 4.90 Å². The molecule has 1 atom stereocenters. The van der Waals surface area contributed by atoms with E-state index in [1.807, 2.05) is 11.9 Å². The Labute approximate surface area is 120 Å². The summed E-state index contributed by atoms with van der Waals surface area (Å²) in [5.74, 6) is 0.141. The Morgan fingerprint density at radius 2 is 2.10 bits per heavy atom. The minimum atomic E-state index is 0.0382. The Kier molecular flexibility index (Phi) is 5.37. The number of piperidine rings is 1. The number of likely N-dealkylation sites (N-methyl/N-ethyl adjacent to an activating group) is 1. The van der Waals surface area contributed by atoms with E-state index in [9.17, 15) is 9.59 Å². The third-order valence-corrected chi connectivity index (χ3v) is 4.34. The van der Waals surface area contributed by atoms with E-state index in [0.29, 0.717) is 32.5 Å². The summed E-state index contributed by atoms with van der Waals surface area (Å²) in [6.07, 6.45) is 3.19. The Morgan fingerprint density at radius 3 is 2.80 bits per heavy atom. The van der Waals surface area contributed by atoms with Gasteiger partial charge in [-0.3, -0.25) is 14.5 Å². The standard InChI is InChI=1S/C14H25N3O3/c1-15-7-8-17(10-12(15)5-9-18)14(20)11-16-6-3-2-4-13(16)19/h12,18H,2-11H2,1H3/t12-/m0/s1. The molecule has 20 heavy (non-hydrogen) atoms. The number of aliphatic hydroxyl groups excluding tert-OH is 1. The number of amides is 2. The number of hydrogen-bond donors (Lipinski definition) is 1. The molecule has 6 nitrogen and oxygen atoms in total. The van der Waals surface area contributed by atoms with Crippen LogP contribution < -0.4 is 0 Å². The average molecular weight is 283 g/mol. The normalized spacial score (nSPS) is 25.1. The van der Waals surface area contributed by atoms with Crippen molar-refractivity contribution in [2.45, 2.75) is 31.7 Å². The van der Waals surface area contributed by atoms with Crippen molar-refractivity contribution in [2.24, 2.45) is 0 Å². The van der Waals surface area contributed by atoms with Crippen molar-refractivity contribution >= 4 is 11.8 Å². The smallest absolute Gasteiger partial charge is 0.242 e. The maximum absolute atomic E-state index is 12.3. The van der Waals surface area contributed by atoms with Crippen molar-refractivity contribution in [3.8, 4) is 0 Å². The number of nitrogens with zero attached hydrogens (tertiary/aromatic N) is 3. The molecule has 0 spiro atoms. The number of rotatable bonds is 4. The van der Waals surface area contributed by atoms with Gasteiger partial charge in [-0.25, -0.2) is 0 Å². The number of aliphatic hydroxyl groups is 1. The highest BCUT2D eigenvalue weighted by atomic mass is 16.3. The zero-order valence-electron chi connectivity index (χ0n) is 12.3. The molecule has 0 aromatic heterocycles. The zero-order chi connectivity index (χ0) is 14.5. The van der Waals surface area contributed by atoms with Crippen LogP contribution in [-0.2, 0) is 9.59 Å². The van der Waals surface area contributed by atoms with Crippen molar-refractivity contribution in [1.29, 1.82) is 0 Å². The maximum atomic E-state index is 12.3. The molecule has 2 rings (SSSR count). The molecule has 0 radical (unpaired) electrons. The monoisotopic (exact) mass is 283 g/mol. The maximum Gasteiger partial charge on any atom is 0.242 e. The van der Waals surface area contributed by atoms with Crippen LogP contribution >= 0.6 is 0 Å². The van der Waals surface area contributed by atoms with Crippen molar-refractivity contribution in [3.05, 3.63) is 0 Å². The van der Waals surface area contributed by atoms with Crippen molar-refractivity contribution in [2.75, 3.05) is 46.4 Å². The van der Waals surface area contributed by atoms with Crippen LogP contribution in [0, 0.1) is 0 Å². The Morgan fingerprint density at radius 1 is 1.30 bits per heavy atom. The number of carbonyl (C=O) groups is 2. The summed E-state index contributed by atoms with van der Waals surface area (Å²) in [6.45, 7) is 3.25. The highest BCUT2D eigenvalue weighted by Gasteiger charge is 2.29. The summed E-state index contributed by atoms with van der Waals surface area (Å²) < 4.78 is 0. The van der Waals surface area contributed by atoms with E-state index in [1.54, 1.807) is 4.90 Å². The first-order valence-electron chi connectivity index (χ1n) is 7.48. The van der Waals surface area contributed by atoms with E-state index < -0.39 is 0 Å². The first-order chi connectivity index (χ1) is 9.61. The molecule has 1 N–H and O–H groups in total. The minimum Gasteiger partial charge on any atom is -0.396 e. The van der Waals surface area contributed by atoms with E-state index in [4.69, 9.17) is 5.11 Å². The summed E-state index contributed by atoms with van der Waals surface area (Å²) >= 11 is 0. The molecule has 2 amide bonds. The van der Waals surface area contributed by atoms with Crippen LogP contribution in [0.25, 0.3) is 0 Å². The number of carbonyl (C=O) groups excluding carboxylic acids is 2. The molecular weight excluding hydrogens is 258 g/mol. The Balaban J connectivity index is 1.87. The second-order valence-electron chi connectivity index (χ2n) is 5.76. The summed E-state index contributed by atoms with van der Waals surface area (Å²) in [5.41, 5.74) is 0. The molecule has 0 unspecified atom stereocenters. The molecule has 0 bridgehead atoms. The average Bonchev–Trinajstić information content (AvgIpc) is 2.44.